The van der Waals surface area contributed by atoms with Crippen LogP contribution < -0.4 is 5.32 Å². The molecule has 4 heteroatoms. The zero-order chi connectivity index (χ0) is 16.5. The molecule has 1 aromatic carbocycles. The molecular weight excluding hydrogens is 292 g/mol. The molecule has 0 aliphatic heterocycles. The zero-order valence-corrected chi connectivity index (χ0v) is 15.4. The number of carbonyl (C=O) groups is 1. The maximum atomic E-state index is 11.9. The Morgan fingerprint density at radius 1 is 1.14 bits per heavy atom. The molecule has 0 saturated heterocycles. The molecule has 0 saturated carbocycles. The first-order valence-corrected chi connectivity index (χ1v) is 9.21. The average Bonchev–Trinajstić information content (AvgIpc) is 2.45. The van der Waals surface area contributed by atoms with Crippen molar-refractivity contribution < 1.29 is 4.79 Å². The fraction of sp³-hybridized carbons (Fsp3) is 0.611. The van der Waals surface area contributed by atoms with E-state index < -0.39 is 0 Å². The molecule has 1 aromatic rings. The van der Waals surface area contributed by atoms with E-state index in [-0.39, 0.29) is 5.91 Å². The highest BCUT2D eigenvalue weighted by molar-refractivity contribution is 7.99. The minimum Gasteiger partial charge on any atom is -0.354 e. The second-order valence-electron chi connectivity index (χ2n) is 6.25. The summed E-state index contributed by atoms with van der Waals surface area (Å²) in [4.78, 5) is 14.2. The monoisotopic (exact) mass is 322 g/mol. The minimum atomic E-state index is 0.129. The SMILES string of the molecule is Cc1ccc(CSCC(=O)NCCN(C(C)C)C(C)C)cc1. The Labute approximate surface area is 139 Å². The van der Waals surface area contributed by atoms with Gasteiger partial charge in [0, 0.05) is 30.9 Å². The first kappa shape index (κ1) is 19.0. The third-order valence-corrected chi connectivity index (χ3v) is 4.65. The molecule has 0 bridgehead atoms. The molecule has 0 fully saturated rings. The Morgan fingerprint density at radius 2 is 1.73 bits per heavy atom. The van der Waals surface area contributed by atoms with E-state index in [1.54, 1.807) is 11.8 Å². The molecule has 0 atom stereocenters. The van der Waals surface area contributed by atoms with Crippen LogP contribution in [0, 0.1) is 6.92 Å². The summed E-state index contributed by atoms with van der Waals surface area (Å²) < 4.78 is 0. The van der Waals surface area contributed by atoms with Gasteiger partial charge in [0.15, 0.2) is 0 Å². The summed E-state index contributed by atoms with van der Waals surface area (Å²) in [6, 6.07) is 9.50. The molecule has 1 amide bonds. The van der Waals surface area contributed by atoms with Crippen LogP contribution in [-0.2, 0) is 10.5 Å². The predicted molar refractivity (Wildman–Crippen MR) is 97.3 cm³/mol. The second kappa shape index (κ2) is 9.90. The van der Waals surface area contributed by atoms with Crippen LogP contribution in [0.1, 0.15) is 38.8 Å². The maximum Gasteiger partial charge on any atom is 0.230 e. The number of aryl methyl sites for hydroxylation is 1. The van der Waals surface area contributed by atoms with Crippen LogP contribution in [0.5, 0.6) is 0 Å². The number of benzene rings is 1. The van der Waals surface area contributed by atoms with E-state index in [4.69, 9.17) is 0 Å². The number of nitrogens with zero attached hydrogens (tertiary/aromatic N) is 1. The van der Waals surface area contributed by atoms with Gasteiger partial charge in [0.25, 0.3) is 0 Å². The first-order chi connectivity index (χ1) is 10.4. The maximum absolute atomic E-state index is 11.9. The van der Waals surface area contributed by atoms with Gasteiger partial charge in [0.2, 0.25) is 5.91 Å². The van der Waals surface area contributed by atoms with Gasteiger partial charge < -0.3 is 5.32 Å². The highest BCUT2D eigenvalue weighted by Crippen LogP contribution is 2.12. The largest absolute Gasteiger partial charge is 0.354 e. The Morgan fingerprint density at radius 3 is 2.27 bits per heavy atom. The third kappa shape index (κ3) is 7.32. The van der Waals surface area contributed by atoms with Gasteiger partial charge in [0.05, 0.1) is 5.75 Å². The Bertz CT molecular complexity index is 435. The van der Waals surface area contributed by atoms with Gasteiger partial charge >= 0.3 is 0 Å². The van der Waals surface area contributed by atoms with Gasteiger partial charge in [-0.3, -0.25) is 9.69 Å². The quantitative estimate of drug-likeness (QED) is 0.755. The van der Waals surface area contributed by atoms with Gasteiger partial charge in [0.1, 0.15) is 0 Å². The Balaban J connectivity index is 2.19. The van der Waals surface area contributed by atoms with Crippen molar-refractivity contribution in [1.29, 1.82) is 0 Å². The van der Waals surface area contributed by atoms with Gasteiger partial charge in [-0.05, 0) is 40.2 Å². The number of nitrogens with one attached hydrogen (secondary N) is 1. The van der Waals surface area contributed by atoms with Crippen LogP contribution in [0.2, 0.25) is 0 Å². The molecule has 22 heavy (non-hydrogen) atoms. The summed E-state index contributed by atoms with van der Waals surface area (Å²) in [6.45, 7) is 12.5. The fourth-order valence-electron chi connectivity index (χ4n) is 2.43. The number of hydrogen-bond donors (Lipinski definition) is 1. The molecule has 0 radical (unpaired) electrons. The van der Waals surface area contributed by atoms with Crippen LogP contribution in [-0.4, -0.2) is 41.7 Å². The second-order valence-corrected chi connectivity index (χ2v) is 7.24. The summed E-state index contributed by atoms with van der Waals surface area (Å²) in [5.41, 5.74) is 2.54. The van der Waals surface area contributed by atoms with Crippen molar-refractivity contribution >= 4 is 17.7 Å². The molecule has 0 aliphatic carbocycles. The van der Waals surface area contributed by atoms with Crippen molar-refractivity contribution in [3.63, 3.8) is 0 Å². The lowest BCUT2D eigenvalue weighted by Gasteiger charge is -2.30. The van der Waals surface area contributed by atoms with Crippen molar-refractivity contribution in [2.45, 2.75) is 52.5 Å². The van der Waals surface area contributed by atoms with Crippen molar-refractivity contribution in [2.24, 2.45) is 0 Å². The van der Waals surface area contributed by atoms with Gasteiger partial charge in [-0.15, -0.1) is 11.8 Å². The standard InChI is InChI=1S/C18H30N2OS/c1-14(2)20(15(3)4)11-10-19-18(21)13-22-12-17-8-6-16(5)7-9-17/h6-9,14-15H,10-13H2,1-5H3,(H,19,21). The highest BCUT2D eigenvalue weighted by Gasteiger charge is 2.12. The van der Waals surface area contributed by atoms with Crippen LogP contribution in [0.25, 0.3) is 0 Å². The van der Waals surface area contributed by atoms with Crippen molar-refractivity contribution in [3.8, 4) is 0 Å². The first-order valence-electron chi connectivity index (χ1n) is 8.06. The van der Waals surface area contributed by atoms with Crippen LogP contribution in [0.3, 0.4) is 0 Å². The lowest BCUT2D eigenvalue weighted by atomic mass is 10.2. The summed E-state index contributed by atoms with van der Waals surface area (Å²) in [7, 11) is 0. The van der Waals surface area contributed by atoms with Crippen LogP contribution in [0.4, 0.5) is 0 Å². The number of hydrogen-bond acceptors (Lipinski definition) is 3. The van der Waals surface area contributed by atoms with E-state index in [1.165, 1.54) is 11.1 Å². The summed E-state index contributed by atoms with van der Waals surface area (Å²) >= 11 is 1.67. The molecule has 0 aliphatic rings. The van der Waals surface area contributed by atoms with Gasteiger partial charge in [-0.25, -0.2) is 0 Å². The summed E-state index contributed by atoms with van der Waals surface area (Å²) in [5.74, 6) is 1.54. The van der Waals surface area contributed by atoms with E-state index in [0.29, 0.717) is 17.8 Å². The fourth-order valence-corrected chi connectivity index (χ4v) is 3.25. The molecule has 124 valence electrons. The van der Waals surface area contributed by atoms with Crippen LogP contribution >= 0.6 is 11.8 Å². The van der Waals surface area contributed by atoms with E-state index in [1.807, 2.05) is 0 Å². The van der Waals surface area contributed by atoms with Crippen molar-refractivity contribution in [1.82, 2.24) is 10.2 Å². The zero-order valence-electron chi connectivity index (χ0n) is 14.6. The topological polar surface area (TPSA) is 32.3 Å². The number of rotatable bonds is 9. The van der Waals surface area contributed by atoms with Crippen molar-refractivity contribution in [2.75, 3.05) is 18.8 Å². The number of amides is 1. The van der Waals surface area contributed by atoms with E-state index >= 15 is 0 Å². The molecule has 3 nitrogen and oxygen atoms in total. The minimum absolute atomic E-state index is 0.129. The molecule has 1 rings (SSSR count). The van der Waals surface area contributed by atoms with E-state index in [9.17, 15) is 4.79 Å². The summed E-state index contributed by atoms with van der Waals surface area (Å²) in [5, 5.41) is 3.02. The highest BCUT2D eigenvalue weighted by atomic mass is 32.2. The lowest BCUT2D eigenvalue weighted by molar-refractivity contribution is -0.118. The third-order valence-electron chi connectivity index (χ3n) is 3.64. The van der Waals surface area contributed by atoms with Crippen LogP contribution in [0.15, 0.2) is 24.3 Å². The number of carbonyl (C=O) groups excluding carboxylic acids is 1. The van der Waals surface area contributed by atoms with E-state index in [2.05, 4.69) is 69.1 Å². The predicted octanol–water partition coefficient (Wildman–Crippen LogP) is 3.46. The van der Waals surface area contributed by atoms with E-state index in [0.717, 1.165) is 18.8 Å². The molecular formula is C18H30N2OS. The molecule has 0 aromatic heterocycles. The Hall–Kier alpha value is -1.00. The van der Waals surface area contributed by atoms with Crippen molar-refractivity contribution in [3.05, 3.63) is 35.4 Å². The lowest BCUT2D eigenvalue weighted by Crippen LogP contribution is -2.42. The summed E-state index contributed by atoms with van der Waals surface area (Å²) in [6.07, 6.45) is 0. The Kier molecular flexibility index (Phi) is 8.57. The smallest absolute Gasteiger partial charge is 0.230 e. The molecule has 0 spiro atoms. The molecule has 0 heterocycles. The normalized spacial score (nSPS) is 11.5. The van der Waals surface area contributed by atoms with Gasteiger partial charge in [-0.2, -0.15) is 0 Å². The molecule has 1 N–H and O–H groups in total. The number of thioether (sulfide) groups is 1. The van der Waals surface area contributed by atoms with Gasteiger partial charge in [-0.1, -0.05) is 29.8 Å². The average molecular weight is 323 g/mol. The molecule has 0 unspecified atom stereocenters.